The van der Waals surface area contributed by atoms with E-state index in [0.29, 0.717) is 37.4 Å². The van der Waals surface area contributed by atoms with E-state index in [9.17, 15) is 19.8 Å². The lowest BCUT2D eigenvalue weighted by Crippen LogP contribution is -2.49. The van der Waals surface area contributed by atoms with Gasteiger partial charge in [0.25, 0.3) is 0 Å². The lowest BCUT2D eigenvalue weighted by Gasteiger charge is -2.36. The minimum absolute atomic E-state index is 0.0564. The molecule has 0 radical (unpaired) electrons. The average Bonchev–Trinajstić information content (AvgIpc) is 2.82. The monoisotopic (exact) mass is 452 g/mol. The Labute approximate surface area is 191 Å². The van der Waals surface area contributed by atoms with Gasteiger partial charge >= 0.3 is 11.8 Å². The summed E-state index contributed by atoms with van der Waals surface area (Å²) in [5, 5.41) is 20.6. The van der Waals surface area contributed by atoms with E-state index >= 15 is 0 Å². The number of nitrogens with zero attached hydrogens (tertiary/aromatic N) is 3. The zero-order valence-electron chi connectivity index (χ0n) is 18.5. The van der Waals surface area contributed by atoms with Crippen molar-refractivity contribution in [1.82, 2.24) is 14.9 Å². The number of anilines is 1. The fraction of sp³-hybridized carbons (Fsp3) is 0.375. The van der Waals surface area contributed by atoms with Crippen molar-refractivity contribution in [2.45, 2.75) is 32.2 Å². The molecule has 1 amide bonds. The first-order valence-corrected chi connectivity index (χ1v) is 11.0. The Kier molecular flexibility index (Phi) is 6.90. The van der Waals surface area contributed by atoms with Gasteiger partial charge in [0, 0.05) is 43.7 Å². The van der Waals surface area contributed by atoms with Crippen LogP contribution in [0.3, 0.4) is 0 Å². The van der Waals surface area contributed by atoms with Crippen molar-refractivity contribution in [2.24, 2.45) is 0 Å². The highest BCUT2D eigenvalue weighted by atomic mass is 16.6. The molecule has 33 heavy (non-hydrogen) atoms. The maximum Gasteiger partial charge on any atom is 0.410 e. The van der Waals surface area contributed by atoms with Gasteiger partial charge < -0.3 is 29.7 Å². The fourth-order valence-electron chi connectivity index (χ4n) is 3.99. The van der Waals surface area contributed by atoms with E-state index in [1.54, 1.807) is 11.0 Å². The normalized spacial score (nSPS) is 16.0. The van der Waals surface area contributed by atoms with Crippen LogP contribution in [0, 0.1) is 0 Å². The highest BCUT2D eigenvalue weighted by Crippen LogP contribution is 2.29. The molecular formula is C24H28N4O5. The summed E-state index contributed by atoms with van der Waals surface area (Å²) in [6, 6.07) is 15.1. The highest BCUT2D eigenvalue weighted by Gasteiger charge is 2.25. The summed E-state index contributed by atoms with van der Waals surface area (Å²) in [5.41, 5.74) is 2.35. The molecule has 0 spiro atoms. The number of benzene rings is 2. The molecule has 1 aliphatic rings. The summed E-state index contributed by atoms with van der Waals surface area (Å²) < 4.78 is 5.44. The van der Waals surface area contributed by atoms with Crippen molar-refractivity contribution in [2.75, 3.05) is 31.1 Å². The fourth-order valence-corrected chi connectivity index (χ4v) is 3.99. The third-order valence-electron chi connectivity index (χ3n) is 5.85. The summed E-state index contributed by atoms with van der Waals surface area (Å²) in [4.78, 5) is 35.2. The number of nitrogens with one attached hydrogen (secondary N) is 1. The van der Waals surface area contributed by atoms with E-state index in [4.69, 9.17) is 4.74 Å². The number of fused-ring (bicyclic) bond motifs is 1. The Hall–Kier alpha value is -3.43. The SMILES string of the molecule is C[C@H](O)[C@@H](O)Cc1nc(=O)[nH]c2cccc(N3CCN(C(=O)OCc4ccccc4)CC3)c12. The number of aliphatic hydroxyl groups is 2. The van der Waals surface area contributed by atoms with Crippen LogP contribution in [0.2, 0.25) is 0 Å². The van der Waals surface area contributed by atoms with E-state index in [1.165, 1.54) is 6.92 Å². The number of piperazine rings is 1. The minimum atomic E-state index is -1.04. The second-order valence-electron chi connectivity index (χ2n) is 8.21. The van der Waals surface area contributed by atoms with Gasteiger partial charge in [0.2, 0.25) is 0 Å². The van der Waals surface area contributed by atoms with Crippen LogP contribution in [0.25, 0.3) is 10.9 Å². The topological polar surface area (TPSA) is 119 Å². The largest absolute Gasteiger partial charge is 0.445 e. The predicted octanol–water partition coefficient (Wildman–Crippen LogP) is 1.67. The zero-order chi connectivity index (χ0) is 23.4. The van der Waals surface area contributed by atoms with Crippen LogP contribution < -0.4 is 10.6 Å². The minimum Gasteiger partial charge on any atom is -0.445 e. The third kappa shape index (κ3) is 5.32. The number of hydrogen-bond acceptors (Lipinski definition) is 7. The summed E-state index contributed by atoms with van der Waals surface area (Å²) >= 11 is 0. The molecule has 2 atom stereocenters. The molecule has 3 aromatic rings. The van der Waals surface area contributed by atoms with Crippen molar-refractivity contribution in [3.8, 4) is 0 Å². The van der Waals surface area contributed by atoms with Crippen LogP contribution in [0.1, 0.15) is 18.2 Å². The molecular weight excluding hydrogens is 424 g/mol. The average molecular weight is 453 g/mol. The van der Waals surface area contributed by atoms with E-state index in [2.05, 4.69) is 14.9 Å². The number of H-pyrrole nitrogens is 1. The van der Waals surface area contributed by atoms with Crippen LogP contribution in [0.15, 0.2) is 53.3 Å². The van der Waals surface area contributed by atoms with Gasteiger partial charge in [0.1, 0.15) is 6.61 Å². The smallest absolute Gasteiger partial charge is 0.410 e. The molecule has 0 unspecified atom stereocenters. The molecule has 1 saturated heterocycles. The summed E-state index contributed by atoms with van der Waals surface area (Å²) in [7, 11) is 0. The molecule has 1 fully saturated rings. The highest BCUT2D eigenvalue weighted by molar-refractivity contribution is 5.93. The first-order valence-electron chi connectivity index (χ1n) is 11.0. The first-order chi connectivity index (χ1) is 15.9. The summed E-state index contributed by atoms with van der Waals surface area (Å²) in [5.74, 6) is 0. The van der Waals surface area contributed by atoms with Crippen LogP contribution in [0.5, 0.6) is 0 Å². The van der Waals surface area contributed by atoms with Gasteiger partial charge in [0.05, 0.1) is 23.4 Å². The first kappa shape index (κ1) is 22.8. The van der Waals surface area contributed by atoms with Crippen LogP contribution in [-0.2, 0) is 17.8 Å². The van der Waals surface area contributed by atoms with Gasteiger partial charge in [0.15, 0.2) is 0 Å². The van der Waals surface area contributed by atoms with Gasteiger partial charge in [-0.05, 0) is 24.6 Å². The molecule has 0 saturated carbocycles. The van der Waals surface area contributed by atoms with E-state index < -0.39 is 17.9 Å². The molecule has 1 aromatic heterocycles. The number of aromatic amines is 1. The molecule has 0 bridgehead atoms. The molecule has 2 aromatic carbocycles. The van der Waals surface area contributed by atoms with Crippen LogP contribution >= 0.6 is 0 Å². The van der Waals surface area contributed by atoms with Gasteiger partial charge in [-0.15, -0.1) is 0 Å². The van der Waals surface area contributed by atoms with Gasteiger partial charge in [-0.2, -0.15) is 4.98 Å². The number of ether oxygens (including phenoxy) is 1. The zero-order valence-corrected chi connectivity index (χ0v) is 18.5. The molecule has 4 rings (SSSR count). The van der Waals surface area contributed by atoms with Crippen molar-refractivity contribution in [3.63, 3.8) is 0 Å². The Bertz CT molecular complexity index is 1160. The lowest BCUT2D eigenvalue weighted by molar-refractivity contribution is 0.0315. The number of amides is 1. The third-order valence-corrected chi connectivity index (χ3v) is 5.85. The number of aromatic nitrogens is 2. The quantitative estimate of drug-likeness (QED) is 0.520. The maximum atomic E-state index is 12.5. The van der Waals surface area contributed by atoms with E-state index in [0.717, 1.165) is 16.6 Å². The molecule has 0 aliphatic carbocycles. The second kappa shape index (κ2) is 10.0. The number of carbonyl (C=O) groups is 1. The molecule has 1 aliphatic heterocycles. The Balaban J connectivity index is 1.48. The van der Waals surface area contributed by atoms with Gasteiger partial charge in [-0.25, -0.2) is 9.59 Å². The van der Waals surface area contributed by atoms with E-state index in [1.807, 2.05) is 42.5 Å². The Morgan fingerprint density at radius 3 is 2.52 bits per heavy atom. The Morgan fingerprint density at radius 1 is 1.09 bits per heavy atom. The molecule has 9 nitrogen and oxygen atoms in total. The molecule has 3 N–H and O–H groups in total. The van der Waals surface area contributed by atoms with Crippen molar-refractivity contribution in [3.05, 3.63) is 70.3 Å². The summed E-state index contributed by atoms with van der Waals surface area (Å²) in [6.07, 6.45) is -2.27. The van der Waals surface area contributed by atoms with Crippen LogP contribution in [-0.4, -0.2) is 69.6 Å². The molecule has 174 valence electrons. The maximum absolute atomic E-state index is 12.5. The Morgan fingerprint density at radius 2 is 1.82 bits per heavy atom. The van der Waals surface area contributed by atoms with Gasteiger partial charge in [-0.1, -0.05) is 36.4 Å². The van der Waals surface area contributed by atoms with Crippen molar-refractivity contribution in [1.29, 1.82) is 0 Å². The summed E-state index contributed by atoms with van der Waals surface area (Å²) in [6.45, 7) is 3.88. The van der Waals surface area contributed by atoms with Crippen LogP contribution in [0.4, 0.5) is 10.5 Å². The molecule has 2 heterocycles. The van der Waals surface area contributed by atoms with Crippen molar-refractivity contribution < 1.29 is 19.7 Å². The predicted molar refractivity (Wildman–Crippen MR) is 124 cm³/mol. The number of aliphatic hydroxyl groups excluding tert-OH is 2. The van der Waals surface area contributed by atoms with Crippen molar-refractivity contribution >= 4 is 22.7 Å². The lowest BCUT2D eigenvalue weighted by atomic mass is 10.0. The number of carbonyl (C=O) groups excluding carboxylic acids is 1. The van der Waals surface area contributed by atoms with Gasteiger partial charge in [-0.3, -0.25) is 0 Å². The van der Waals surface area contributed by atoms with E-state index in [-0.39, 0.29) is 19.1 Å². The second-order valence-corrected chi connectivity index (χ2v) is 8.21. The molecule has 9 heteroatoms. The standard InChI is InChI=1S/C24H28N4O5/c1-16(29)21(30)14-19-22-18(25-23(31)26-19)8-5-9-20(22)27-10-12-28(13-11-27)24(32)33-15-17-6-3-2-4-7-17/h2-9,16,21,29-30H,10-15H2,1H3,(H,25,26,31)/t16-,21-/m0/s1. The number of rotatable bonds is 6. The number of hydrogen-bond donors (Lipinski definition) is 3.